The third kappa shape index (κ3) is 5.75. The summed E-state index contributed by atoms with van der Waals surface area (Å²) in [5, 5.41) is 8.55. The number of nitrogens with zero attached hydrogens (tertiary/aromatic N) is 2. The van der Waals surface area contributed by atoms with Crippen molar-refractivity contribution < 1.29 is 24.2 Å². The van der Waals surface area contributed by atoms with Crippen molar-refractivity contribution >= 4 is 12.0 Å². The SMILES string of the molecule is COCCCN(C)C(=O)N1CCC(OCC(=O)O)CC1. The number of hydrogen-bond acceptors (Lipinski definition) is 4. The summed E-state index contributed by atoms with van der Waals surface area (Å²) in [4.78, 5) is 26.0. The second kappa shape index (κ2) is 8.76. The number of methoxy groups -OCH3 is 1. The number of urea groups is 1. The van der Waals surface area contributed by atoms with E-state index in [0.717, 1.165) is 6.42 Å². The first-order chi connectivity index (χ1) is 9.54. The fourth-order valence-corrected chi connectivity index (χ4v) is 2.19. The van der Waals surface area contributed by atoms with Crippen LogP contribution in [-0.2, 0) is 14.3 Å². The van der Waals surface area contributed by atoms with Gasteiger partial charge in [-0.15, -0.1) is 0 Å². The lowest BCUT2D eigenvalue weighted by Crippen LogP contribution is -2.47. The molecular weight excluding hydrogens is 264 g/mol. The minimum absolute atomic E-state index is 0.0118. The van der Waals surface area contributed by atoms with Crippen LogP contribution < -0.4 is 0 Å². The molecule has 0 radical (unpaired) electrons. The Bertz CT molecular complexity index is 316. The van der Waals surface area contributed by atoms with Crippen molar-refractivity contribution in [3.05, 3.63) is 0 Å². The molecule has 20 heavy (non-hydrogen) atoms. The Labute approximate surface area is 119 Å². The van der Waals surface area contributed by atoms with Gasteiger partial charge in [0.1, 0.15) is 6.61 Å². The molecule has 1 fully saturated rings. The van der Waals surface area contributed by atoms with Gasteiger partial charge in [-0.25, -0.2) is 9.59 Å². The Morgan fingerprint density at radius 3 is 2.55 bits per heavy atom. The van der Waals surface area contributed by atoms with Crippen LogP contribution in [0.3, 0.4) is 0 Å². The number of amides is 2. The van der Waals surface area contributed by atoms with E-state index in [4.69, 9.17) is 14.6 Å². The van der Waals surface area contributed by atoms with Gasteiger partial charge in [0.25, 0.3) is 0 Å². The molecule has 0 unspecified atom stereocenters. The van der Waals surface area contributed by atoms with Crippen molar-refractivity contribution in [2.24, 2.45) is 0 Å². The number of carboxylic acids is 1. The number of piperidine rings is 1. The molecule has 1 saturated heterocycles. The molecule has 0 aromatic carbocycles. The molecule has 1 N–H and O–H groups in total. The predicted octanol–water partition coefficient (Wildman–Crippen LogP) is 0.640. The summed E-state index contributed by atoms with van der Waals surface area (Å²) in [6.45, 7) is 2.26. The second-order valence-electron chi connectivity index (χ2n) is 4.94. The number of carbonyl (C=O) groups excluding carboxylic acids is 1. The highest BCUT2D eigenvalue weighted by Crippen LogP contribution is 2.15. The lowest BCUT2D eigenvalue weighted by atomic mass is 10.1. The molecule has 2 amide bonds. The zero-order chi connectivity index (χ0) is 15.0. The Hall–Kier alpha value is -1.34. The van der Waals surface area contributed by atoms with E-state index in [9.17, 15) is 9.59 Å². The van der Waals surface area contributed by atoms with Crippen LogP contribution in [0.5, 0.6) is 0 Å². The average Bonchev–Trinajstić information content (AvgIpc) is 2.45. The maximum Gasteiger partial charge on any atom is 0.329 e. The quantitative estimate of drug-likeness (QED) is 0.695. The van der Waals surface area contributed by atoms with E-state index < -0.39 is 5.97 Å². The molecular formula is C13H24N2O5. The number of hydrogen-bond donors (Lipinski definition) is 1. The summed E-state index contributed by atoms with van der Waals surface area (Å²) in [7, 11) is 3.43. The largest absolute Gasteiger partial charge is 0.480 e. The monoisotopic (exact) mass is 288 g/mol. The summed E-state index contributed by atoms with van der Waals surface area (Å²) < 4.78 is 10.2. The molecule has 1 aliphatic rings. The molecule has 0 atom stereocenters. The van der Waals surface area contributed by atoms with Crippen LogP contribution in [-0.4, -0.2) is 80.0 Å². The molecule has 0 aromatic rings. The molecule has 116 valence electrons. The van der Waals surface area contributed by atoms with Crippen LogP contribution >= 0.6 is 0 Å². The molecule has 7 heteroatoms. The first-order valence-corrected chi connectivity index (χ1v) is 6.87. The number of carbonyl (C=O) groups is 2. The zero-order valence-corrected chi connectivity index (χ0v) is 12.2. The van der Waals surface area contributed by atoms with E-state index in [0.29, 0.717) is 39.1 Å². The molecule has 0 bridgehead atoms. The van der Waals surface area contributed by atoms with Crippen molar-refractivity contribution in [3.63, 3.8) is 0 Å². The molecule has 0 aliphatic carbocycles. The average molecular weight is 288 g/mol. The third-order valence-electron chi connectivity index (χ3n) is 3.32. The van der Waals surface area contributed by atoms with E-state index in [2.05, 4.69) is 0 Å². The van der Waals surface area contributed by atoms with Crippen molar-refractivity contribution in [3.8, 4) is 0 Å². The van der Waals surface area contributed by atoms with Gasteiger partial charge in [-0.05, 0) is 19.3 Å². The number of likely N-dealkylation sites (tertiary alicyclic amines) is 1. The van der Waals surface area contributed by atoms with Crippen LogP contribution in [0.2, 0.25) is 0 Å². The molecule has 0 aromatic heterocycles. The highest BCUT2D eigenvalue weighted by Gasteiger charge is 2.25. The number of ether oxygens (including phenoxy) is 2. The standard InChI is InChI=1S/C13H24N2O5/c1-14(6-3-9-19-2)13(18)15-7-4-11(5-8-15)20-10-12(16)17/h11H,3-10H2,1-2H3,(H,16,17). The maximum atomic E-state index is 12.1. The van der Waals surface area contributed by atoms with E-state index in [1.54, 1.807) is 24.0 Å². The van der Waals surface area contributed by atoms with Gasteiger partial charge >= 0.3 is 12.0 Å². The van der Waals surface area contributed by atoms with Crippen LogP contribution in [0.15, 0.2) is 0 Å². The Morgan fingerprint density at radius 1 is 1.35 bits per heavy atom. The van der Waals surface area contributed by atoms with Gasteiger partial charge in [0.2, 0.25) is 0 Å². The Balaban J connectivity index is 2.26. The first kappa shape index (κ1) is 16.7. The normalized spacial score (nSPS) is 16.2. The summed E-state index contributed by atoms with van der Waals surface area (Å²) in [5.74, 6) is -0.957. The van der Waals surface area contributed by atoms with Crippen molar-refractivity contribution in [1.82, 2.24) is 9.80 Å². The van der Waals surface area contributed by atoms with Crippen LogP contribution in [0.1, 0.15) is 19.3 Å². The molecule has 1 aliphatic heterocycles. The van der Waals surface area contributed by atoms with Crippen molar-refractivity contribution in [2.45, 2.75) is 25.4 Å². The third-order valence-corrected chi connectivity index (χ3v) is 3.32. The first-order valence-electron chi connectivity index (χ1n) is 6.87. The Morgan fingerprint density at radius 2 is 2.00 bits per heavy atom. The van der Waals surface area contributed by atoms with Crippen LogP contribution in [0.25, 0.3) is 0 Å². The van der Waals surface area contributed by atoms with Gasteiger partial charge in [0.05, 0.1) is 6.10 Å². The summed E-state index contributed by atoms with van der Waals surface area (Å²) in [5.41, 5.74) is 0. The summed E-state index contributed by atoms with van der Waals surface area (Å²) >= 11 is 0. The van der Waals surface area contributed by atoms with Gasteiger partial charge in [-0.2, -0.15) is 0 Å². The molecule has 0 spiro atoms. The molecule has 0 saturated carbocycles. The second-order valence-corrected chi connectivity index (χ2v) is 4.94. The topological polar surface area (TPSA) is 79.3 Å². The van der Waals surface area contributed by atoms with Crippen LogP contribution in [0.4, 0.5) is 4.79 Å². The van der Waals surface area contributed by atoms with Crippen molar-refractivity contribution in [2.75, 3.05) is 47.0 Å². The van der Waals surface area contributed by atoms with Gasteiger partial charge in [0.15, 0.2) is 0 Å². The summed E-state index contributed by atoms with van der Waals surface area (Å²) in [6.07, 6.45) is 2.13. The Kier molecular flexibility index (Phi) is 7.32. The maximum absolute atomic E-state index is 12.1. The van der Waals surface area contributed by atoms with E-state index in [1.807, 2.05) is 0 Å². The van der Waals surface area contributed by atoms with Gasteiger partial charge in [-0.1, -0.05) is 0 Å². The van der Waals surface area contributed by atoms with E-state index in [-0.39, 0.29) is 18.7 Å². The zero-order valence-electron chi connectivity index (χ0n) is 12.2. The number of carboxylic acid groups (broad SMARTS) is 1. The highest BCUT2D eigenvalue weighted by molar-refractivity contribution is 5.74. The smallest absolute Gasteiger partial charge is 0.329 e. The predicted molar refractivity (Wildman–Crippen MR) is 72.7 cm³/mol. The summed E-state index contributed by atoms with van der Waals surface area (Å²) in [6, 6.07) is 0.0118. The van der Waals surface area contributed by atoms with E-state index in [1.165, 1.54) is 0 Å². The number of aliphatic carboxylic acids is 1. The van der Waals surface area contributed by atoms with Gasteiger partial charge in [-0.3, -0.25) is 0 Å². The fraction of sp³-hybridized carbons (Fsp3) is 0.846. The minimum Gasteiger partial charge on any atom is -0.480 e. The highest BCUT2D eigenvalue weighted by atomic mass is 16.5. The lowest BCUT2D eigenvalue weighted by Gasteiger charge is -2.34. The van der Waals surface area contributed by atoms with Crippen LogP contribution in [0, 0.1) is 0 Å². The number of rotatable bonds is 7. The molecule has 1 rings (SSSR count). The minimum atomic E-state index is -0.957. The van der Waals surface area contributed by atoms with Gasteiger partial charge in [0, 0.05) is 40.4 Å². The van der Waals surface area contributed by atoms with Gasteiger partial charge < -0.3 is 24.4 Å². The fourth-order valence-electron chi connectivity index (χ4n) is 2.19. The van der Waals surface area contributed by atoms with Crippen molar-refractivity contribution in [1.29, 1.82) is 0 Å². The lowest BCUT2D eigenvalue weighted by molar-refractivity contribution is -0.145. The molecule has 7 nitrogen and oxygen atoms in total. The van der Waals surface area contributed by atoms with E-state index >= 15 is 0 Å². The molecule has 1 heterocycles.